The standard InChI is InChI=1S/C18H26BF2NO4/c1-11(2)10-22-15(23)12-7-13(9-14(8-12)24-16(20)21)19-25-17(3,4)18(5,6)26-19/h7-9,11,16H,10H2,1-6H3,(H,22,23). The van der Waals surface area contributed by atoms with E-state index in [4.69, 9.17) is 9.31 Å². The molecule has 1 aromatic rings. The normalized spacial score (nSPS) is 18.5. The number of alkyl halides is 2. The Morgan fingerprint density at radius 2 is 1.73 bits per heavy atom. The summed E-state index contributed by atoms with van der Waals surface area (Å²) in [6.07, 6.45) is 0. The molecule has 5 nitrogen and oxygen atoms in total. The third-order valence-corrected chi connectivity index (χ3v) is 4.61. The number of amides is 1. The minimum absolute atomic E-state index is 0.109. The maximum atomic E-state index is 12.7. The second-order valence-corrected chi connectivity index (χ2v) is 7.86. The zero-order valence-corrected chi connectivity index (χ0v) is 16.1. The van der Waals surface area contributed by atoms with Crippen molar-refractivity contribution in [1.29, 1.82) is 0 Å². The Morgan fingerprint density at radius 1 is 1.15 bits per heavy atom. The van der Waals surface area contributed by atoms with Gasteiger partial charge in [0.15, 0.2) is 0 Å². The van der Waals surface area contributed by atoms with Gasteiger partial charge in [0.1, 0.15) is 5.75 Å². The molecule has 0 spiro atoms. The van der Waals surface area contributed by atoms with Crippen LogP contribution in [0.1, 0.15) is 51.9 Å². The number of nitrogens with one attached hydrogen (secondary N) is 1. The Balaban J connectivity index is 2.33. The molecule has 1 aliphatic heterocycles. The van der Waals surface area contributed by atoms with Crippen LogP contribution >= 0.6 is 0 Å². The van der Waals surface area contributed by atoms with Gasteiger partial charge in [-0.15, -0.1) is 0 Å². The highest BCUT2D eigenvalue weighted by molar-refractivity contribution is 6.62. The fourth-order valence-electron chi connectivity index (χ4n) is 2.44. The molecule has 144 valence electrons. The van der Waals surface area contributed by atoms with Crippen LogP contribution in [0.4, 0.5) is 8.78 Å². The molecule has 0 saturated carbocycles. The van der Waals surface area contributed by atoms with Crippen molar-refractivity contribution < 1.29 is 27.6 Å². The highest BCUT2D eigenvalue weighted by atomic mass is 19.3. The van der Waals surface area contributed by atoms with Crippen LogP contribution in [0, 0.1) is 5.92 Å². The summed E-state index contributed by atoms with van der Waals surface area (Å²) in [5.74, 6) is -0.208. The molecule has 1 aromatic carbocycles. The minimum Gasteiger partial charge on any atom is -0.435 e. The average molecular weight is 369 g/mol. The molecule has 0 unspecified atom stereocenters. The maximum absolute atomic E-state index is 12.7. The largest absolute Gasteiger partial charge is 0.494 e. The third kappa shape index (κ3) is 4.74. The van der Waals surface area contributed by atoms with Gasteiger partial charge < -0.3 is 19.4 Å². The van der Waals surface area contributed by atoms with Crippen LogP contribution in [0.3, 0.4) is 0 Å². The van der Waals surface area contributed by atoms with E-state index >= 15 is 0 Å². The highest BCUT2D eigenvalue weighted by Gasteiger charge is 2.51. The lowest BCUT2D eigenvalue weighted by molar-refractivity contribution is -0.0498. The highest BCUT2D eigenvalue weighted by Crippen LogP contribution is 2.36. The second-order valence-electron chi connectivity index (χ2n) is 7.86. The third-order valence-electron chi connectivity index (χ3n) is 4.61. The average Bonchev–Trinajstić information content (AvgIpc) is 2.72. The molecular weight excluding hydrogens is 343 g/mol. The van der Waals surface area contributed by atoms with Crippen LogP contribution in [0.5, 0.6) is 5.75 Å². The molecule has 1 N–H and O–H groups in total. The predicted molar refractivity (Wildman–Crippen MR) is 96.0 cm³/mol. The van der Waals surface area contributed by atoms with E-state index in [2.05, 4.69) is 10.1 Å². The van der Waals surface area contributed by atoms with Gasteiger partial charge >= 0.3 is 13.7 Å². The van der Waals surface area contributed by atoms with Crippen molar-refractivity contribution in [3.63, 3.8) is 0 Å². The Labute approximate surface area is 153 Å². The summed E-state index contributed by atoms with van der Waals surface area (Å²) in [6, 6.07) is 4.28. The first-order valence-corrected chi connectivity index (χ1v) is 8.65. The molecule has 0 aromatic heterocycles. The van der Waals surface area contributed by atoms with E-state index < -0.39 is 24.9 Å². The van der Waals surface area contributed by atoms with Gasteiger partial charge in [-0.3, -0.25) is 4.79 Å². The second kappa shape index (κ2) is 7.52. The number of benzene rings is 1. The first-order valence-electron chi connectivity index (χ1n) is 8.65. The van der Waals surface area contributed by atoms with E-state index in [0.717, 1.165) is 0 Å². The van der Waals surface area contributed by atoms with Crippen molar-refractivity contribution in [3.8, 4) is 5.75 Å². The number of carbonyl (C=O) groups is 1. The Morgan fingerprint density at radius 3 is 2.23 bits per heavy atom. The molecule has 2 rings (SSSR count). The molecule has 0 atom stereocenters. The van der Waals surface area contributed by atoms with Gasteiger partial charge in [-0.25, -0.2) is 0 Å². The van der Waals surface area contributed by atoms with Crippen LogP contribution in [-0.2, 0) is 9.31 Å². The SMILES string of the molecule is CC(C)CNC(=O)c1cc(OC(F)F)cc(B2OC(C)(C)C(C)(C)O2)c1. The van der Waals surface area contributed by atoms with E-state index in [1.54, 1.807) is 6.07 Å². The first-order chi connectivity index (χ1) is 11.9. The topological polar surface area (TPSA) is 56.8 Å². The zero-order chi connectivity index (χ0) is 19.7. The number of halogens is 2. The van der Waals surface area contributed by atoms with Gasteiger partial charge in [0.25, 0.3) is 5.91 Å². The van der Waals surface area contributed by atoms with Crippen molar-refractivity contribution >= 4 is 18.5 Å². The van der Waals surface area contributed by atoms with E-state index in [1.807, 2.05) is 41.5 Å². The van der Waals surface area contributed by atoms with E-state index in [1.165, 1.54) is 12.1 Å². The van der Waals surface area contributed by atoms with Crippen molar-refractivity contribution in [3.05, 3.63) is 23.8 Å². The molecule has 1 fully saturated rings. The Kier molecular flexibility index (Phi) is 5.97. The molecule has 1 heterocycles. The number of ether oxygens (including phenoxy) is 1. The summed E-state index contributed by atoms with van der Waals surface area (Å²) in [5.41, 5.74) is -0.501. The maximum Gasteiger partial charge on any atom is 0.494 e. The molecule has 8 heteroatoms. The van der Waals surface area contributed by atoms with Crippen LogP contribution in [0.15, 0.2) is 18.2 Å². The van der Waals surface area contributed by atoms with Gasteiger partial charge in [0.05, 0.1) is 11.2 Å². The summed E-state index contributed by atoms with van der Waals surface area (Å²) >= 11 is 0. The van der Waals surface area contributed by atoms with Gasteiger partial charge in [-0.2, -0.15) is 8.78 Å². The molecular formula is C18H26BF2NO4. The molecule has 0 radical (unpaired) electrons. The molecule has 1 aliphatic rings. The van der Waals surface area contributed by atoms with Crippen molar-refractivity contribution in [2.75, 3.05) is 6.54 Å². The van der Waals surface area contributed by atoms with Crippen LogP contribution in [0.25, 0.3) is 0 Å². The number of hydrogen-bond donors (Lipinski definition) is 1. The quantitative estimate of drug-likeness (QED) is 0.784. The monoisotopic (exact) mass is 369 g/mol. The summed E-state index contributed by atoms with van der Waals surface area (Å²) in [5, 5.41) is 2.77. The lowest BCUT2D eigenvalue weighted by Crippen LogP contribution is -2.41. The van der Waals surface area contributed by atoms with Gasteiger partial charge in [0, 0.05) is 12.1 Å². The van der Waals surface area contributed by atoms with Gasteiger partial charge in [0.2, 0.25) is 0 Å². The van der Waals surface area contributed by atoms with Gasteiger partial charge in [-0.1, -0.05) is 13.8 Å². The van der Waals surface area contributed by atoms with Crippen LogP contribution in [-0.4, -0.2) is 37.4 Å². The minimum atomic E-state index is -2.99. The molecule has 1 saturated heterocycles. The molecule has 1 amide bonds. The summed E-state index contributed by atoms with van der Waals surface area (Å²) < 4.78 is 41.8. The van der Waals surface area contributed by atoms with Crippen molar-refractivity contribution in [2.24, 2.45) is 5.92 Å². The fraction of sp³-hybridized carbons (Fsp3) is 0.611. The summed E-state index contributed by atoms with van der Waals surface area (Å²) in [6.45, 7) is 8.98. The van der Waals surface area contributed by atoms with Gasteiger partial charge in [-0.05, 0) is 57.3 Å². The van der Waals surface area contributed by atoms with Crippen molar-refractivity contribution in [2.45, 2.75) is 59.4 Å². The van der Waals surface area contributed by atoms with E-state index in [9.17, 15) is 13.6 Å². The number of hydrogen-bond acceptors (Lipinski definition) is 4. The number of rotatable bonds is 6. The molecule has 0 bridgehead atoms. The summed E-state index contributed by atoms with van der Waals surface area (Å²) in [4.78, 5) is 12.4. The van der Waals surface area contributed by atoms with Crippen molar-refractivity contribution in [1.82, 2.24) is 5.32 Å². The lowest BCUT2D eigenvalue weighted by Gasteiger charge is -2.32. The molecule has 26 heavy (non-hydrogen) atoms. The molecule has 0 aliphatic carbocycles. The predicted octanol–water partition coefficient (Wildman–Crippen LogP) is 2.97. The summed E-state index contributed by atoms with van der Waals surface area (Å²) in [7, 11) is -0.780. The fourth-order valence-corrected chi connectivity index (χ4v) is 2.44. The van der Waals surface area contributed by atoms with E-state index in [0.29, 0.717) is 12.0 Å². The van der Waals surface area contributed by atoms with Crippen LogP contribution in [0.2, 0.25) is 0 Å². The zero-order valence-electron chi connectivity index (χ0n) is 16.1. The smallest absolute Gasteiger partial charge is 0.435 e. The lowest BCUT2D eigenvalue weighted by atomic mass is 9.78. The van der Waals surface area contributed by atoms with E-state index in [-0.39, 0.29) is 23.1 Å². The Hall–Kier alpha value is -1.67. The Bertz CT molecular complexity index is 649. The first kappa shape index (κ1) is 20.6. The van der Waals surface area contributed by atoms with Crippen LogP contribution < -0.4 is 15.5 Å². The number of carbonyl (C=O) groups excluding carboxylic acids is 1.